The lowest BCUT2D eigenvalue weighted by Gasteiger charge is -2.40. The smallest absolute Gasteiger partial charge is 0.220 e. The van der Waals surface area contributed by atoms with Gasteiger partial charge in [0.05, 0.1) is 25.4 Å². The highest BCUT2D eigenvalue weighted by atomic mass is 16.7. The number of unbranched alkanes of at least 4 members (excludes halogenated alkanes) is 35. The summed E-state index contributed by atoms with van der Waals surface area (Å²) in [4.78, 5) is 13.0. The number of hydrogen-bond acceptors (Lipinski definition) is 8. The molecule has 9 nitrogen and oxygen atoms in total. The molecule has 1 rings (SSSR count). The van der Waals surface area contributed by atoms with Crippen molar-refractivity contribution in [2.45, 2.75) is 314 Å². The van der Waals surface area contributed by atoms with Gasteiger partial charge in [0.25, 0.3) is 0 Å². The molecule has 1 saturated heterocycles. The number of carbonyl (C=O) groups is 1. The number of amides is 1. The Labute approximate surface area is 412 Å². The summed E-state index contributed by atoms with van der Waals surface area (Å²) in [5.74, 6) is -0.185. The van der Waals surface area contributed by atoms with Gasteiger partial charge in [0, 0.05) is 6.42 Å². The molecule has 1 heterocycles. The van der Waals surface area contributed by atoms with Crippen molar-refractivity contribution in [2.24, 2.45) is 0 Å². The summed E-state index contributed by atoms with van der Waals surface area (Å²) in [6.45, 7) is 3.76. The van der Waals surface area contributed by atoms with Crippen molar-refractivity contribution in [1.29, 1.82) is 0 Å². The largest absolute Gasteiger partial charge is 0.394 e. The first-order chi connectivity index (χ1) is 32.8. The molecule has 7 atom stereocenters. The number of hydrogen-bond donors (Lipinski definition) is 6. The minimum Gasteiger partial charge on any atom is -0.394 e. The Morgan fingerprint density at radius 3 is 1.25 bits per heavy atom. The third kappa shape index (κ3) is 37.9. The van der Waals surface area contributed by atoms with Crippen LogP contribution in [0, 0.1) is 0 Å². The predicted octanol–water partition coefficient (Wildman–Crippen LogP) is 14.0. The molecule has 67 heavy (non-hydrogen) atoms. The molecule has 0 aromatic carbocycles. The van der Waals surface area contributed by atoms with Gasteiger partial charge in [-0.25, -0.2) is 0 Å². The van der Waals surface area contributed by atoms with E-state index in [4.69, 9.17) is 9.47 Å². The Morgan fingerprint density at radius 2 is 0.851 bits per heavy atom. The van der Waals surface area contributed by atoms with Crippen LogP contribution in [-0.4, -0.2) is 87.5 Å². The lowest BCUT2D eigenvalue weighted by atomic mass is 9.99. The van der Waals surface area contributed by atoms with Gasteiger partial charge in [-0.05, 0) is 57.8 Å². The topological polar surface area (TPSA) is 149 Å². The zero-order valence-electron chi connectivity index (χ0n) is 43.7. The Morgan fingerprint density at radius 1 is 0.493 bits per heavy atom. The Balaban J connectivity index is 2.11. The van der Waals surface area contributed by atoms with E-state index in [0.717, 1.165) is 38.5 Å². The van der Waals surface area contributed by atoms with Gasteiger partial charge in [0.1, 0.15) is 24.4 Å². The molecular formula is C58H109NO8. The summed E-state index contributed by atoms with van der Waals surface area (Å²) in [6.07, 6.45) is 55.2. The molecule has 394 valence electrons. The zero-order valence-corrected chi connectivity index (χ0v) is 43.7. The molecular weight excluding hydrogens is 839 g/mol. The number of nitrogens with one attached hydrogen (secondary N) is 1. The summed E-state index contributed by atoms with van der Waals surface area (Å²) < 4.78 is 11.2. The quantitative estimate of drug-likeness (QED) is 0.0261. The number of allylic oxidation sites excluding steroid dienone is 5. The second-order valence-electron chi connectivity index (χ2n) is 20.1. The van der Waals surface area contributed by atoms with Crippen molar-refractivity contribution in [3.05, 3.63) is 36.5 Å². The molecule has 0 aliphatic carbocycles. The standard InChI is InChI=1S/C58H109NO8/c1-3-5-7-9-11-13-15-17-18-19-20-21-22-23-24-25-26-27-28-29-30-31-32-33-34-35-36-38-40-42-44-46-48-54(62)59-51(50-66-58-57(65)56(64)55(63)53(49-60)67-58)52(61)47-45-43-41-39-37-16-14-12-10-8-6-4-2/h23-24,37,39,45,47,51-53,55-58,60-61,63-65H,3-22,25-36,38,40-44,46,48-50H2,1-2H3,(H,59,62)/b24-23-,39-37+,47-45+. The van der Waals surface area contributed by atoms with Crippen molar-refractivity contribution in [3.63, 3.8) is 0 Å². The van der Waals surface area contributed by atoms with Gasteiger partial charge in [-0.15, -0.1) is 0 Å². The number of aliphatic hydroxyl groups is 5. The second-order valence-corrected chi connectivity index (χ2v) is 20.1. The Kier molecular flexibility index (Phi) is 45.5. The first-order valence-corrected chi connectivity index (χ1v) is 28.7. The molecule has 9 heteroatoms. The number of ether oxygens (including phenoxy) is 2. The van der Waals surface area contributed by atoms with Crippen LogP contribution in [0.1, 0.15) is 271 Å². The van der Waals surface area contributed by atoms with Gasteiger partial charge in [-0.2, -0.15) is 0 Å². The minimum absolute atomic E-state index is 0.185. The molecule has 0 aromatic rings. The monoisotopic (exact) mass is 948 g/mol. The summed E-state index contributed by atoms with van der Waals surface area (Å²) in [5, 5.41) is 54.3. The molecule has 1 fully saturated rings. The zero-order chi connectivity index (χ0) is 48.7. The van der Waals surface area contributed by atoms with Gasteiger partial charge >= 0.3 is 0 Å². The van der Waals surface area contributed by atoms with Crippen LogP contribution >= 0.6 is 0 Å². The first kappa shape index (κ1) is 63.4. The number of rotatable bonds is 49. The van der Waals surface area contributed by atoms with E-state index in [-0.39, 0.29) is 12.5 Å². The van der Waals surface area contributed by atoms with Crippen LogP contribution < -0.4 is 5.32 Å². The van der Waals surface area contributed by atoms with Crippen molar-refractivity contribution < 1.29 is 39.8 Å². The van der Waals surface area contributed by atoms with Gasteiger partial charge in [-0.1, -0.05) is 243 Å². The highest BCUT2D eigenvalue weighted by molar-refractivity contribution is 5.76. The lowest BCUT2D eigenvalue weighted by molar-refractivity contribution is -0.302. The van der Waals surface area contributed by atoms with E-state index in [2.05, 4.69) is 43.5 Å². The van der Waals surface area contributed by atoms with Crippen LogP contribution in [0.4, 0.5) is 0 Å². The van der Waals surface area contributed by atoms with Crippen molar-refractivity contribution in [3.8, 4) is 0 Å². The molecule has 0 radical (unpaired) electrons. The van der Waals surface area contributed by atoms with Crippen LogP contribution in [0.3, 0.4) is 0 Å². The summed E-state index contributed by atoms with van der Waals surface area (Å²) >= 11 is 0. The van der Waals surface area contributed by atoms with Gasteiger partial charge in [0.2, 0.25) is 5.91 Å². The Bertz CT molecular complexity index is 1150. The van der Waals surface area contributed by atoms with E-state index in [0.29, 0.717) is 6.42 Å². The molecule has 0 saturated carbocycles. The van der Waals surface area contributed by atoms with Gasteiger partial charge in [-0.3, -0.25) is 4.79 Å². The van der Waals surface area contributed by atoms with Gasteiger partial charge < -0.3 is 40.3 Å². The molecule has 1 amide bonds. The fourth-order valence-electron chi connectivity index (χ4n) is 9.11. The summed E-state index contributed by atoms with van der Waals surface area (Å²) in [7, 11) is 0. The van der Waals surface area contributed by atoms with E-state index in [1.807, 2.05) is 6.08 Å². The first-order valence-electron chi connectivity index (χ1n) is 28.7. The fraction of sp³-hybridized carbons (Fsp3) is 0.879. The highest BCUT2D eigenvalue weighted by Crippen LogP contribution is 2.23. The minimum atomic E-state index is -1.57. The fourth-order valence-corrected chi connectivity index (χ4v) is 9.11. The normalized spacial score (nSPS) is 19.9. The van der Waals surface area contributed by atoms with E-state index in [1.165, 1.54) is 212 Å². The van der Waals surface area contributed by atoms with Crippen LogP contribution in [-0.2, 0) is 14.3 Å². The van der Waals surface area contributed by atoms with E-state index in [1.54, 1.807) is 6.08 Å². The molecule has 6 N–H and O–H groups in total. The van der Waals surface area contributed by atoms with E-state index < -0.39 is 49.5 Å². The number of aliphatic hydroxyl groups excluding tert-OH is 5. The average molecular weight is 949 g/mol. The second kappa shape index (κ2) is 48.1. The highest BCUT2D eigenvalue weighted by Gasteiger charge is 2.44. The molecule has 0 aromatic heterocycles. The maximum Gasteiger partial charge on any atom is 0.220 e. The molecule has 1 aliphatic heterocycles. The molecule has 7 unspecified atom stereocenters. The predicted molar refractivity (Wildman–Crippen MR) is 281 cm³/mol. The molecule has 1 aliphatic rings. The van der Waals surface area contributed by atoms with Crippen molar-refractivity contribution in [1.82, 2.24) is 5.32 Å². The Hall–Kier alpha value is -1.59. The maximum atomic E-state index is 13.0. The maximum absolute atomic E-state index is 13.0. The third-order valence-electron chi connectivity index (χ3n) is 13.7. The van der Waals surface area contributed by atoms with E-state index >= 15 is 0 Å². The third-order valence-corrected chi connectivity index (χ3v) is 13.7. The lowest BCUT2D eigenvalue weighted by Crippen LogP contribution is -2.60. The summed E-state index contributed by atoms with van der Waals surface area (Å²) in [6, 6.07) is -0.819. The average Bonchev–Trinajstić information content (AvgIpc) is 3.33. The van der Waals surface area contributed by atoms with Crippen LogP contribution in [0.15, 0.2) is 36.5 Å². The van der Waals surface area contributed by atoms with Crippen molar-refractivity contribution >= 4 is 5.91 Å². The van der Waals surface area contributed by atoms with E-state index in [9.17, 15) is 30.3 Å². The molecule has 0 bridgehead atoms. The summed E-state index contributed by atoms with van der Waals surface area (Å²) in [5.41, 5.74) is 0. The van der Waals surface area contributed by atoms with Crippen molar-refractivity contribution in [2.75, 3.05) is 13.2 Å². The number of carbonyl (C=O) groups excluding carboxylic acids is 1. The SMILES string of the molecule is CCCCCCCC/C=C/CC/C=C/C(O)C(COC1OC(CO)C(O)C(O)C1O)NC(=O)CCCCCCCCCCCCCCCCCC/C=C\CCCCCCCCCCCCCC. The van der Waals surface area contributed by atoms with Crippen LogP contribution in [0.2, 0.25) is 0 Å². The molecule has 0 spiro atoms. The van der Waals surface area contributed by atoms with Gasteiger partial charge in [0.15, 0.2) is 6.29 Å². The van der Waals surface area contributed by atoms with Crippen LogP contribution in [0.5, 0.6) is 0 Å². The van der Waals surface area contributed by atoms with Crippen LogP contribution in [0.25, 0.3) is 0 Å².